The molecule has 0 bridgehead atoms. The summed E-state index contributed by atoms with van der Waals surface area (Å²) in [5, 5.41) is 2.85. The molecular weight excluding hydrogens is 254 g/mol. The number of nitrogens with zero attached hydrogens (tertiary/aromatic N) is 1. The summed E-state index contributed by atoms with van der Waals surface area (Å²) in [5.41, 5.74) is 8.11. The van der Waals surface area contributed by atoms with E-state index in [1.807, 2.05) is 24.3 Å². The fourth-order valence-electron chi connectivity index (χ4n) is 1.93. The molecule has 1 aromatic carbocycles. The molecule has 0 aliphatic rings. The Morgan fingerprint density at radius 1 is 1.25 bits per heavy atom. The number of hydrogen-bond acceptors (Lipinski definition) is 4. The molecule has 104 valence electrons. The van der Waals surface area contributed by atoms with Crippen LogP contribution in [0.3, 0.4) is 0 Å². The predicted molar refractivity (Wildman–Crippen MR) is 76.3 cm³/mol. The van der Waals surface area contributed by atoms with Crippen molar-refractivity contribution in [1.29, 1.82) is 0 Å². The maximum absolute atomic E-state index is 12.1. The van der Waals surface area contributed by atoms with Crippen molar-refractivity contribution >= 4 is 5.91 Å². The van der Waals surface area contributed by atoms with E-state index in [9.17, 15) is 4.79 Å². The Balaban J connectivity index is 2.09. The molecule has 2 rings (SSSR count). The van der Waals surface area contributed by atoms with Crippen molar-refractivity contribution in [1.82, 2.24) is 10.3 Å². The number of methoxy groups -OCH3 is 1. The molecule has 0 spiro atoms. The van der Waals surface area contributed by atoms with Crippen LogP contribution in [0.5, 0.6) is 5.88 Å². The van der Waals surface area contributed by atoms with Gasteiger partial charge in [-0.05, 0) is 23.3 Å². The molecule has 1 heterocycles. The van der Waals surface area contributed by atoms with Gasteiger partial charge >= 0.3 is 0 Å². The summed E-state index contributed by atoms with van der Waals surface area (Å²) < 4.78 is 5.07. The lowest BCUT2D eigenvalue weighted by molar-refractivity contribution is 0.0947. The van der Waals surface area contributed by atoms with Crippen LogP contribution >= 0.6 is 0 Å². The molecule has 1 aromatic heterocycles. The summed E-state index contributed by atoms with van der Waals surface area (Å²) in [6.45, 7) is 0.868. The van der Waals surface area contributed by atoms with E-state index in [0.29, 0.717) is 24.5 Å². The van der Waals surface area contributed by atoms with Crippen LogP contribution in [0.4, 0.5) is 0 Å². The summed E-state index contributed by atoms with van der Waals surface area (Å²) >= 11 is 0. The number of hydrogen-bond donors (Lipinski definition) is 2. The molecule has 20 heavy (non-hydrogen) atoms. The SMILES string of the molecule is COc1ncccc1C(=O)NCc1ccccc1CN. The van der Waals surface area contributed by atoms with Crippen LogP contribution in [0, 0.1) is 0 Å². The molecule has 5 heteroatoms. The summed E-state index contributed by atoms with van der Waals surface area (Å²) in [6, 6.07) is 11.1. The van der Waals surface area contributed by atoms with Gasteiger partial charge in [-0.1, -0.05) is 24.3 Å². The highest BCUT2D eigenvalue weighted by Crippen LogP contribution is 2.14. The Labute approximate surface area is 117 Å². The van der Waals surface area contributed by atoms with Crippen LogP contribution in [0.25, 0.3) is 0 Å². The highest BCUT2D eigenvalue weighted by molar-refractivity contribution is 5.96. The van der Waals surface area contributed by atoms with Crippen molar-refractivity contribution < 1.29 is 9.53 Å². The Kier molecular flexibility index (Phi) is 4.68. The van der Waals surface area contributed by atoms with Crippen LogP contribution in [0.2, 0.25) is 0 Å². The number of ether oxygens (including phenoxy) is 1. The number of rotatable bonds is 5. The topological polar surface area (TPSA) is 77.2 Å². The van der Waals surface area contributed by atoms with Crippen molar-refractivity contribution in [2.45, 2.75) is 13.1 Å². The van der Waals surface area contributed by atoms with Gasteiger partial charge in [-0.25, -0.2) is 4.98 Å². The molecule has 0 saturated carbocycles. The molecule has 0 radical (unpaired) electrons. The third-order valence-electron chi connectivity index (χ3n) is 2.99. The average Bonchev–Trinajstić information content (AvgIpc) is 2.52. The van der Waals surface area contributed by atoms with E-state index >= 15 is 0 Å². The maximum atomic E-state index is 12.1. The molecule has 0 aliphatic carbocycles. The lowest BCUT2D eigenvalue weighted by atomic mass is 10.1. The van der Waals surface area contributed by atoms with Gasteiger partial charge in [0.25, 0.3) is 5.91 Å². The van der Waals surface area contributed by atoms with E-state index in [1.165, 1.54) is 7.11 Å². The first-order valence-corrected chi connectivity index (χ1v) is 6.30. The van der Waals surface area contributed by atoms with Gasteiger partial charge < -0.3 is 15.8 Å². The van der Waals surface area contributed by atoms with Gasteiger partial charge in [-0.15, -0.1) is 0 Å². The Morgan fingerprint density at radius 2 is 2.00 bits per heavy atom. The molecule has 0 atom stereocenters. The van der Waals surface area contributed by atoms with Gasteiger partial charge in [0.1, 0.15) is 5.56 Å². The monoisotopic (exact) mass is 271 g/mol. The van der Waals surface area contributed by atoms with Crippen LogP contribution < -0.4 is 15.8 Å². The second kappa shape index (κ2) is 6.68. The molecule has 1 amide bonds. The Hall–Kier alpha value is -2.40. The predicted octanol–water partition coefficient (Wildman–Crippen LogP) is 1.48. The third-order valence-corrected chi connectivity index (χ3v) is 2.99. The van der Waals surface area contributed by atoms with Gasteiger partial charge in [0.05, 0.1) is 7.11 Å². The second-order valence-corrected chi connectivity index (χ2v) is 4.22. The number of aromatic nitrogens is 1. The minimum atomic E-state index is -0.221. The number of carbonyl (C=O) groups excluding carboxylic acids is 1. The highest BCUT2D eigenvalue weighted by atomic mass is 16.5. The summed E-state index contributed by atoms with van der Waals surface area (Å²) in [5.74, 6) is 0.0962. The van der Waals surface area contributed by atoms with Crippen LogP contribution in [-0.2, 0) is 13.1 Å². The Bertz CT molecular complexity index is 599. The molecule has 3 N–H and O–H groups in total. The van der Waals surface area contributed by atoms with E-state index < -0.39 is 0 Å². The van der Waals surface area contributed by atoms with Crippen molar-refractivity contribution in [3.05, 3.63) is 59.3 Å². The number of nitrogens with two attached hydrogens (primary N) is 1. The highest BCUT2D eigenvalue weighted by Gasteiger charge is 2.12. The quantitative estimate of drug-likeness (QED) is 0.863. The van der Waals surface area contributed by atoms with Gasteiger partial charge in [-0.2, -0.15) is 0 Å². The van der Waals surface area contributed by atoms with E-state index in [1.54, 1.807) is 18.3 Å². The smallest absolute Gasteiger partial charge is 0.257 e. The fourth-order valence-corrected chi connectivity index (χ4v) is 1.93. The van der Waals surface area contributed by atoms with Gasteiger partial charge in [0, 0.05) is 19.3 Å². The molecule has 0 fully saturated rings. The number of pyridine rings is 1. The van der Waals surface area contributed by atoms with E-state index in [0.717, 1.165) is 11.1 Å². The zero-order valence-corrected chi connectivity index (χ0v) is 11.3. The van der Waals surface area contributed by atoms with Crippen molar-refractivity contribution in [3.8, 4) is 5.88 Å². The number of amides is 1. The van der Waals surface area contributed by atoms with Crippen LogP contribution in [0.1, 0.15) is 21.5 Å². The van der Waals surface area contributed by atoms with Crippen LogP contribution in [-0.4, -0.2) is 18.0 Å². The molecule has 5 nitrogen and oxygen atoms in total. The normalized spacial score (nSPS) is 10.1. The standard InChI is InChI=1S/C15H17N3O2/c1-20-15-13(7-4-8-17-15)14(19)18-10-12-6-3-2-5-11(12)9-16/h2-8H,9-10,16H2,1H3,(H,18,19). The lowest BCUT2D eigenvalue weighted by Gasteiger charge is -2.10. The fraction of sp³-hybridized carbons (Fsp3) is 0.200. The molecule has 0 saturated heterocycles. The van der Waals surface area contributed by atoms with E-state index in [4.69, 9.17) is 10.5 Å². The number of carbonyl (C=O) groups is 1. The van der Waals surface area contributed by atoms with Gasteiger partial charge in [0.15, 0.2) is 0 Å². The number of benzene rings is 1. The van der Waals surface area contributed by atoms with Crippen molar-refractivity contribution in [2.24, 2.45) is 5.73 Å². The first-order chi connectivity index (χ1) is 9.76. The van der Waals surface area contributed by atoms with Gasteiger partial charge in [0.2, 0.25) is 5.88 Å². The minimum Gasteiger partial charge on any atom is -0.480 e. The second-order valence-electron chi connectivity index (χ2n) is 4.22. The first kappa shape index (κ1) is 14.0. The lowest BCUT2D eigenvalue weighted by Crippen LogP contribution is -2.24. The van der Waals surface area contributed by atoms with E-state index in [2.05, 4.69) is 10.3 Å². The molecular formula is C15H17N3O2. The molecule has 2 aromatic rings. The van der Waals surface area contributed by atoms with E-state index in [-0.39, 0.29) is 5.91 Å². The largest absolute Gasteiger partial charge is 0.480 e. The average molecular weight is 271 g/mol. The van der Waals surface area contributed by atoms with Crippen molar-refractivity contribution in [3.63, 3.8) is 0 Å². The summed E-state index contributed by atoms with van der Waals surface area (Å²) in [7, 11) is 1.49. The minimum absolute atomic E-state index is 0.221. The maximum Gasteiger partial charge on any atom is 0.257 e. The van der Waals surface area contributed by atoms with Crippen molar-refractivity contribution in [2.75, 3.05) is 7.11 Å². The molecule has 0 unspecified atom stereocenters. The Morgan fingerprint density at radius 3 is 2.70 bits per heavy atom. The van der Waals surface area contributed by atoms with Gasteiger partial charge in [-0.3, -0.25) is 4.79 Å². The van der Waals surface area contributed by atoms with Crippen LogP contribution in [0.15, 0.2) is 42.6 Å². The zero-order valence-electron chi connectivity index (χ0n) is 11.3. The molecule has 0 aliphatic heterocycles. The first-order valence-electron chi connectivity index (χ1n) is 6.30. The third kappa shape index (κ3) is 3.13. The zero-order chi connectivity index (χ0) is 14.4. The summed E-state index contributed by atoms with van der Waals surface area (Å²) in [6.07, 6.45) is 1.58. The number of nitrogens with one attached hydrogen (secondary N) is 1. The summed E-state index contributed by atoms with van der Waals surface area (Å²) in [4.78, 5) is 16.1.